The van der Waals surface area contributed by atoms with Crippen molar-refractivity contribution in [2.75, 3.05) is 0 Å². The average Bonchev–Trinajstić information content (AvgIpc) is 2.76. The van der Waals surface area contributed by atoms with Crippen LogP contribution in [0.15, 0.2) is 6.33 Å². The van der Waals surface area contributed by atoms with E-state index in [0.717, 1.165) is 12.8 Å². The maximum Gasteiger partial charge on any atom is 0.152 e. The van der Waals surface area contributed by atoms with Crippen molar-refractivity contribution in [3.8, 4) is 0 Å². The predicted octanol–water partition coefficient (Wildman–Crippen LogP) is 0.338. The first-order chi connectivity index (χ1) is 6.79. The number of aromatic nitrogens is 3. The maximum absolute atomic E-state index is 8.97. The van der Waals surface area contributed by atoms with Crippen molar-refractivity contribution in [3.05, 3.63) is 12.2 Å². The zero-order chi connectivity index (χ0) is 9.97. The van der Waals surface area contributed by atoms with Gasteiger partial charge < -0.3 is 9.84 Å². The van der Waals surface area contributed by atoms with E-state index in [4.69, 9.17) is 9.84 Å². The molecule has 78 valence electrons. The number of aliphatic hydroxyl groups excluding tert-OH is 1. The van der Waals surface area contributed by atoms with E-state index in [1.54, 1.807) is 4.68 Å². The Balaban J connectivity index is 1.97. The van der Waals surface area contributed by atoms with E-state index in [0.29, 0.717) is 18.5 Å². The van der Waals surface area contributed by atoms with Crippen LogP contribution in [-0.2, 0) is 17.9 Å². The molecule has 0 aromatic carbocycles. The first-order valence-corrected chi connectivity index (χ1v) is 4.92. The van der Waals surface area contributed by atoms with Crippen LogP contribution in [-0.4, -0.2) is 32.1 Å². The van der Waals surface area contributed by atoms with Crippen LogP contribution in [0.4, 0.5) is 0 Å². The Morgan fingerprint density at radius 3 is 3.14 bits per heavy atom. The standard InChI is InChI=1S/C9H15N3O2/c1-7-2-3-8(14-7)4-12-9(5-13)10-6-11-12/h6-8,13H,2-5H2,1H3. The fourth-order valence-corrected chi connectivity index (χ4v) is 1.78. The molecule has 0 radical (unpaired) electrons. The molecule has 1 N–H and O–H groups in total. The Morgan fingerprint density at radius 2 is 2.50 bits per heavy atom. The second-order valence-electron chi connectivity index (χ2n) is 3.66. The van der Waals surface area contributed by atoms with E-state index in [1.165, 1.54) is 6.33 Å². The Morgan fingerprint density at radius 1 is 1.64 bits per heavy atom. The first kappa shape index (κ1) is 9.61. The Kier molecular flexibility index (Phi) is 2.79. The van der Waals surface area contributed by atoms with Gasteiger partial charge in [0.2, 0.25) is 0 Å². The van der Waals surface area contributed by atoms with Crippen LogP contribution in [0.5, 0.6) is 0 Å². The van der Waals surface area contributed by atoms with Crippen molar-refractivity contribution in [2.45, 2.75) is 45.1 Å². The van der Waals surface area contributed by atoms with Crippen molar-refractivity contribution in [3.63, 3.8) is 0 Å². The van der Waals surface area contributed by atoms with Crippen molar-refractivity contribution < 1.29 is 9.84 Å². The highest BCUT2D eigenvalue weighted by Crippen LogP contribution is 2.20. The molecular formula is C9H15N3O2. The summed E-state index contributed by atoms with van der Waals surface area (Å²) in [4.78, 5) is 3.94. The Bertz CT molecular complexity index is 300. The summed E-state index contributed by atoms with van der Waals surface area (Å²) in [5.74, 6) is 0.605. The fourth-order valence-electron chi connectivity index (χ4n) is 1.78. The van der Waals surface area contributed by atoms with Crippen molar-refractivity contribution in [2.24, 2.45) is 0 Å². The molecular weight excluding hydrogens is 182 g/mol. The second-order valence-corrected chi connectivity index (χ2v) is 3.66. The summed E-state index contributed by atoms with van der Waals surface area (Å²) in [7, 11) is 0. The van der Waals surface area contributed by atoms with Crippen LogP contribution < -0.4 is 0 Å². The molecule has 5 heteroatoms. The van der Waals surface area contributed by atoms with Gasteiger partial charge in [0.25, 0.3) is 0 Å². The van der Waals surface area contributed by atoms with Crippen LogP contribution in [0.2, 0.25) is 0 Å². The third kappa shape index (κ3) is 1.93. The van der Waals surface area contributed by atoms with Gasteiger partial charge in [-0.15, -0.1) is 0 Å². The molecule has 1 fully saturated rings. The molecule has 0 amide bonds. The van der Waals surface area contributed by atoms with Gasteiger partial charge in [0.15, 0.2) is 5.82 Å². The summed E-state index contributed by atoms with van der Waals surface area (Å²) in [6.07, 6.45) is 4.20. The molecule has 0 saturated carbocycles. The van der Waals surface area contributed by atoms with Gasteiger partial charge in [0, 0.05) is 0 Å². The lowest BCUT2D eigenvalue weighted by molar-refractivity contribution is 0.0423. The van der Waals surface area contributed by atoms with E-state index in [2.05, 4.69) is 17.0 Å². The number of ether oxygens (including phenoxy) is 1. The minimum absolute atomic E-state index is 0.0672. The normalized spacial score (nSPS) is 27.0. The van der Waals surface area contributed by atoms with E-state index in [-0.39, 0.29) is 12.7 Å². The molecule has 0 aliphatic carbocycles. The number of hydrogen-bond acceptors (Lipinski definition) is 4. The van der Waals surface area contributed by atoms with Gasteiger partial charge in [-0.05, 0) is 19.8 Å². The highest BCUT2D eigenvalue weighted by Gasteiger charge is 2.22. The lowest BCUT2D eigenvalue weighted by Gasteiger charge is -2.11. The monoisotopic (exact) mass is 197 g/mol. The summed E-state index contributed by atoms with van der Waals surface area (Å²) in [5, 5.41) is 13.0. The Labute approximate surface area is 82.7 Å². The highest BCUT2D eigenvalue weighted by atomic mass is 16.5. The maximum atomic E-state index is 8.97. The van der Waals surface area contributed by atoms with E-state index < -0.39 is 0 Å². The molecule has 2 atom stereocenters. The number of nitrogens with zero attached hydrogens (tertiary/aromatic N) is 3. The lowest BCUT2D eigenvalue weighted by atomic mass is 10.2. The van der Waals surface area contributed by atoms with Gasteiger partial charge in [-0.1, -0.05) is 0 Å². The van der Waals surface area contributed by atoms with Crippen LogP contribution in [0, 0.1) is 0 Å². The van der Waals surface area contributed by atoms with Crippen LogP contribution in [0.25, 0.3) is 0 Å². The quantitative estimate of drug-likeness (QED) is 0.759. The van der Waals surface area contributed by atoms with Gasteiger partial charge in [0.1, 0.15) is 12.9 Å². The van der Waals surface area contributed by atoms with Crippen LogP contribution in [0.1, 0.15) is 25.6 Å². The molecule has 2 heterocycles. The average molecular weight is 197 g/mol. The van der Waals surface area contributed by atoms with Gasteiger partial charge in [-0.25, -0.2) is 9.67 Å². The molecule has 14 heavy (non-hydrogen) atoms. The summed E-state index contributed by atoms with van der Waals surface area (Å²) < 4.78 is 7.37. The molecule has 2 unspecified atom stereocenters. The van der Waals surface area contributed by atoms with Crippen molar-refractivity contribution >= 4 is 0 Å². The third-order valence-electron chi connectivity index (χ3n) is 2.53. The summed E-state index contributed by atoms with van der Waals surface area (Å²) in [6.45, 7) is 2.71. The van der Waals surface area contributed by atoms with Gasteiger partial charge in [-0.3, -0.25) is 0 Å². The van der Waals surface area contributed by atoms with Crippen molar-refractivity contribution in [1.82, 2.24) is 14.8 Å². The zero-order valence-corrected chi connectivity index (χ0v) is 8.26. The summed E-state index contributed by atoms with van der Waals surface area (Å²) >= 11 is 0. The molecule has 1 aliphatic heterocycles. The minimum atomic E-state index is -0.0672. The third-order valence-corrected chi connectivity index (χ3v) is 2.53. The van der Waals surface area contributed by atoms with E-state index in [9.17, 15) is 0 Å². The summed E-state index contributed by atoms with van der Waals surface area (Å²) in [5.41, 5.74) is 0. The lowest BCUT2D eigenvalue weighted by Crippen LogP contribution is -2.19. The zero-order valence-electron chi connectivity index (χ0n) is 8.26. The van der Waals surface area contributed by atoms with Crippen molar-refractivity contribution in [1.29, 1.82) is 0 Å². The van der Waals surface area contributed by atoms with Gasteiger partial charge in [0.05, 0.1) is 18.8 Å². The first-order valence-electron chi connectivity index (χ1n) is 4.92. The Hall–Kier alpha value is -0.940. The smallest absolute Gasteiger partial charge is 0.152 e. The SMILES string of the molecule is CC1CCC(Cn2ncnc2CO)O1. The molecule has 0 bridgehead atoms. The molecule has 1 aliphatic rings. The van der Waals surface area contributed by atoms with Crippen LogP contribution >= 0.6 is 0 Å². The van der Waals surface area contributed by atoms with E-state index >= 15 is 0 Å². The highest BCUT2D eigenvalue weighted by molar-refractivity contribution is 4.83. The number of rotatable bonds is 3. The second kappa shape index (κ2) is 4.06. The summed E-state index contributed by atoms with van der Waals surface area (Å²) in [6, 6.07) is 0. The molecule has 1 aromatic rings. The topological polar surface area (TPSA) is 60.2 Å². The molecule has 0 spiro atoms. The fraction of sp³-hybridized carbons (Fsp3) is 0.778. The largest absolute Gasteiger partial charge is 0.388 e. The predicted molar refractivity (Wildman–Crippen MR) is 49.5 cm³/mol. The van der Waals surface area contributed by atoms with E-state index in [1.807, 2.05) is 0 Å². The number of aliphatic hydroxyl groups is 1. The van der Waals surface area contributed by atoms with Gasteiger partial charge in [-0.2, -0.15) is 5.10 Å². The molecule has 2 rings (SSSR count). The number of hydrogen-bond donors (Lipinski definition) is 1. The molecule has 1 saturated heterocycles. The van der Waals surface area contributed by atoms with Gasteiger partial charge >= 0.3 is 0 Å². The minimum Gasteiger partial charge on any atom is -0.388 e. The molecule has 1 aromatic heterocycles. The molecule has 5 nitrogen and oxygen atoms in total. The van der Waals surface area contributed by atoms with Crippen LogP contribution in [0.3, 0.4) is 0 Å².